The molecule has 1 aromatic carbocycles. The van der Waals surface area contributed by atoms with Crippen molar-refractivity contribution < 1.29 is 22.7 Å². The van der Waals surface area contributed by atoms with Crippen LogP contribution in [-0.2, 0) is 4.74 Å². The monoisotopic (exact) mass is 468 g/mol. The van der Waals surface area contributed by atoms with Crippen molar-refractivity contribution in [3.63, 3.8) is 0 Å². The van der Waals surface area contributed by atoms with Crippen LogP contribution in [0.4, 0.5) is 18.9 Å². The summed E-state index contributed by atoms with van der Waals surface area (Å²) in [6.07, 6.45) is 6.58. The largest absolute Gasteiger partial charge is 0.370 e. The van der Waals surface area contributed by atoms with Crippen LogP contribution in [0.2, 0.25) is 0 Å². The molecule has 1 saturated carbocycles. The van der Waals surface area contributed by atoms with Gasteiger partial charge in [0.1, 0.15) is 28.8 Å². The molecule has 3 heterocycles. The van der Waals surface area contributed by atoms with E-state index in [0.29, 0.717) is 18.0 Å². The first-order chi connectivity index (χ1) is 16.4. The molecular weight excluding hydrogens is 445 g/mol. The van der Waals surface area contributed by atoms with Gasteiger partial charge in [0.05, 0.1) is 29.7 Å². The smallest absolute Gasteiger partial charge is 0.274 e. The van der Waals surface area contributed by atoms with E-state index in [1.165, 1.54) is 12.3 Å². The molecule has 34 heavy (non-hydrogen) atoms. The second kappa shape index (κ2) is 9.15. The molecule has 6 nitrogen and oxygen atoms in total. The number of nitrogens with one attached hydrogen (secondary N) is 1. The van der Waals surface area contributed by atoms with Crippen LogP contribution in [0, 0.1) is 23.4 Å². The third-order valence-corrected chi connectivity index (χ3v) is 6.61. The summed E-state index contributed by atoms with van der Waals surface area (Å²) >= 11 is 0. The molecule has 5 rings (SSSR count). The first kappa shape index (κ1) is 22.5. The van der Waals surface area contributed by atoms with Crippen LogP contribution in [-0.4, -0.2) is 28.0 Å². The Morgan fingerprint density at radius 1 is 1.06 bits per heavy atom. The van der Waals surface area contributed by atoms with Crippen LogP contribution in [0.25, 0.3) is 11.3 Å². The number of hydrogen-bond acceptors (Lipinski definition) is 5. The van der Waals surface area contributed by atoms with Crippen LogP contribution < -0.4 is 11.1 Å². The zero-order chi connectivity index (χ0) is 23.8. The van der Waals surface area contributed by atoms with Gasteiger partial charge < -0.3 is 15.8 Å². The van der Waals surface area contributed by atoms with Gasteiger partial charge in [0.25, 0.3) is 5.91 Å². The van der Waals surface area contributed by atoms with E-state index in [4.69, 9.17) is 10.5 Å². The molecule has 1 amide bonds. The molecule has 2 fully saturated rings. The molecular formula is C25H23F3N4O2. The Hall–Kier alpha value is -3.30. The number of anilines is 1. The number of halogens is 3. The van der Waals surface area contributed by atoms with Crippen molar-refractivity contribution in [1.82, 2.24) is 9.97 Å². The second-order valence-electron chi connectivity index (χ2n) is 8.70. The van der Waals surface area contributed by atoms with Gasteiger partial charge in [-0.05, 0) is 49.6 Å². The summed E-state index contributed by atoms with van der Waals surface area (Å²) in [7, 11) is 0. The zero-order valence-corrected chi connectivity index (χ0v) is 18.2. The molecule has 3 N–H and O–H groups in total. The van der Waals surface area contributed by atoms with E-state index in [0.717, 1.165) is 49.1 Å². The Bertz CT molecular complexity index is 1220. The summed E-state index contributed by atoms with van der Waals surface area (Å²) in [6, 6.07) is 7.03. The molecule has 1 aliphatic heterocycles. The quantitative estimate of drug-likeness (QED) is 0.576. The average Bonchev–Trinajstić information content (AvgIpc) is 3.30. The molecule has 9 heteroatoms. The number of nitrogens with zero attached hydrogens (tertiary/aromatic N) is 2. The molecule has 1 aliphatic carbocycles. The molecule has 1 saturated heterocycles. The van der Waals surface area contributed by atoms with E-state index in [9.17, 15) is 18.0 Å². The first-order valence-corrected chi connectivity index (χ1v) is 11.2. The van der Waals surface area contributed by atoms with E-state index in [1.54, 1.807) is 12.3 Å². The SMILES string of the molecule is N[C@H]1C[C@@H](c2ccncc2NC(=O)c2ccc(F)c(-c3c(F)cccc3F)n2)O[C@H]2CCC[C@H]21. The summed E-state index contributed by atoms with van der Waals surface area (Å²) in [5, 5.41) is 2.73. The van der Waals surface area contributed by atoms with E-state index >= 15 is 0 Å². The first-order valence-electron chi connectivity index (χ1n) is 11.2. The minimum absolute atomic E-state index is 0.0000411. The van der Waals surface area contributed by atoms with Gasteiger partial charge in [-0.15, -0.1) is 0 Å². The number of ether oxygens (including phenoxy) is 1. The van der Waals surface area contributed by atoms with Gasteiger partial charge >= 0.3 is 0 Å². The molecule has 0 spiro atoms. The van der Waals surface area contributed by atoms with Gasteiger partial charge in [-0.3, -0.25) is 9.78 Å². The molecule has 2 aliphatic rings. The minimum atomic E-state index is -0.977. The highest BCUT2D eigenvalue weighted by molar-refractivity contribution is 6.03. The van der Waals surface area contributed by atoms with Crippen LogP contribution in [0.1, 0.15) is 47.8 Å². The number of hydrogen-bond donors (Lipinski definition) is 2. The Morgan fingerprint density at radius 2 is 1.85 bits per heavy atom. The van der Waals surface area contributed by atoms with Crippen LogP contribution >= 0.6 is 0 Å². The van der Waals surface area contributed by atoms with Crippen molar-refractivity contribution in [2.75, 3.05) is 5.32 Å². The summed E-state index contributed by atoms with van der Waals surface area (Å²) in [6.45, 7) is 0. The normalized spacial score (nSPS) is 24.0. The molecule has 3 aromatic rings. The standard InChI is InChI=1S/C25H23F3N4O2/c26-15-4-2-5-16(27)23(15)24-17(28)7-8-19(31-24)25(33)32-20-12-30-10-9-14(20)22-11-18(29)13-3-1-6-21(13)34-22/h2,4-5,7-10,12-13,18,21-22H,1,3,6,11,29H2,(H,32,33)/t13-,18-,21-,22-/m0/s1. The fourth-order valence-corrected chi connectivity index (χ4v) is 4.95. The topological polar surface area (TPSA) is 90.1 Å². The van der Waals surface area contributed by atoms with Gasteiger partial charge in [-0.1, -0.05) is 12.5 Å². The van der Waals surface area contributed by atoms with Crippen molar-refractivity contribution in [3.8, 4) is 11.3 Å². The maximum atomic E-state index is 14.4. The molecule has 2 aromatic heterocycles. The lowest BCUT2D eigenvalue weighted by Gasteiger charge is -2.37. The van der Waals surface area contributed by atoms with Crippen LogP contribution in [0.15, 0.2) is 48.8 Å². The molecule has 0 unspecified atom stereocenters. The van der Waals surface area contributed by atoms with Gasteiger partial charge in [0.2, 0.25) is 0 Å². The maximum absolute atomic E-state index is 14.4. The summed E-state index contributed by atoms with van der Waals surface area (Å²) < 4.78 is 49.1. The van der Waals surface area contributed by atoms with E-state index in [-0.39, 0.29) is 23.9 Å². The summed E-state index contributed by atoms with van der Waals surface area (Å²) in [5.74, 6) is -3.23. The number of nitrogens with two attached hydrogens (primary N) is 1. The second-order valence-corrected chi connectivity index (χ2v) is 8.70. The molecule has 0 radical (unpaired) electrons. The minimum Gasteiger partial charge on any atom is -0.370 e. The Kier molecular flexibility index (Phi) is 6.05. The lowest BCUT2D eigenvalue weighted by atomic mass is 9.87. The Labute approximate surface area is 194 Å². The van der Waals surface area contributed by atoms with E-state index < -0.39 is 34.6 Å². The highest BCUT2D eigenvalue weighted by Gasteiger charge is 2.40. The fraction of sp³-hybridized carbons (Fsp3) is 0.320. The molecule has 0 bridgehead atoms. The highest BCUT2D eigenvalue weighted by Crippen LogP contribution is 2.43. The average molecular weight is 468 g/mol. The maximum Gasteiger partial charge on any atom is 0.274 e. The lowest BCUT2D eigenvalue weighted by molar-refractivity contribution is -0.0800. The third-order valence-electron chi connectivity index (χ3n) is 6.61. The number of rotatable bonds is 4. The summed E-state index contributed by atoms with van der Waals surface area (Å²) in [4.78, 5) is 21.0. The van der Waals surface area contributed by atoms with Crippen LogP contribution in [0.3, 0.4) is 0 Å². The zero-order valence-electron chi connectivity index (χ0n) is 18.2. The fourth-order valence-electron chi connectivity index (χ4n) is 4.95. The lowest BCUT2D eigenvalue weighted by Crippen LogP contribution is -2.43. The number of benzene rings is 1. The Morgan fingerprint density at radius 3 is 2.65 bits per heavy atom. The van der Waals surface area contributed by atoms with Crippen LogP contribution in [0.5, 0.6) is 0 Å². The number of carbonyl (C=O) groups is 1. The summed E-state index contributed by atoms with van der Waals surface area (Å²) in [5.41, 5.74) is 6.13. The van der Waals surface area contributed by atoms with Crippen molar-refractivity contribution in [2.24, 2.45) is 11.7 Å². The predicted octanol–water partition coefficient (Wildman–Crippen LogP) is 4.77. The number of aromatic nitrogens is 2. The van der Waals surface area contributed by atoms with E-state index in [1.807, 2.05) is 0 Å². The Balaban J connectivity index is 1.42. The van der Waals surface area contributed by atoms with Crippen molar-refractivity contribution in [2.45, 2.75) is 43.9 Å². The number of amides is 1. The molecule has 4 atom stereocenters. The highest BCUT2D eigenvalue weighted by atomic mass is 19.1. The van der Waals surface area contributed by atoms with E-state index in [2.05, 4.69) is 15.3 Å². The van der Waals surface area contributed by atoms with Crippen molar-refractivity contribution in [3.05, 3.63) is 77.5 Å². The van der Waals surface area contributed by atoms with Gasteiger partial charge in [0, 0.05) is 23.7 Å². The third kappa shape index (κ3) is 4.17. The number of carbonyl (C=O) groups excluding carboxylic acids is 1. The number of pyridine rings is 2. The number of fused-ring (bicyclic) bond motifs is 1. The van der Waals surface area contributed by atoms with Crippen molar-refractivity contribution >= 4 is 11.6 Å². The molecule has 176 valence electrons. The van der Waals surface area contributed by atoms with Gasteiger partial charge in [0.15, 0.2) is 0 Å². The van der Waals surface area contributed by atoms with Crippen molar-refractivity contribution in [1.29, 1.82) is 0 Å². The van der Waals surface area contributed by atoms with Gasteiger partial charge in [-0.25, -0.2) is 18.2 Å². The predicted molar refractivity (Wildman–Crippen MR) is 119 cm³/mol. The van der Waals surface area contributed by atoms with Gasteiger partial charge in [-0.2, -0.15) is 0 Å².